The Labute approximate surface area is 230 Å². The summed E-state index contributed by atoms with van der Waals surface area (Å²) < 4.78 is 6.06. The maximum atomic E-state index is 12.8. The molecule has 2 aromatic heterocycles. The number of para-hydroxylation sites is 1. The van der Waals surface area contributed by atoms with E-state index in [1.807, 2.05) is 37.3 Å². The molecule has 0 unspecified atom stereocenters. The van der Waals surface area contributed by atoms with Gasteiger partial charge in [0.05, 0.1) is 17.3 Å². The number of halogens is 2. The van der Waals surface area contributed by atoms with E-state index in [9.17, 15) is 9.59 Å². The van der Waals surface area contributed by atoms with Crippen LogP contribution in [-0.2, 0) is 16.2 Å². The minimum absolute atomic E-state index is 0.0732. The summed E-state index contributed by atoms with van der Waals surface area (Å²) in [5.41, 5.74) is 8.83. The highest BCUT2D eigenvalue weighted by Crippen LogP contribution is 2.35. The highest BCUT2D eigenvalue weighted by atomic mass is 35.5. The first-order valence-corrected chi connectivity index (χ1v) is 12.4. The third-order valence-electron chi connectivity index (χ3n) is 5.75. The zero-order valence-electron chi connectivity index (χ0n) is 20.7. The Balaban J connectivity index is 1.42. The fraction of sp³-hybridized carbons (Fsp3) is 0.143. The van der Waals surface area contributed by atoms with E-state index in [1.165, 1.54) is 11.0 Å². The van der Waals surface area contributed by atoms with Crippen LogP contribution in [-0.4, -0.2) is 35.4 Å². The largest absolute Gasteiger partial charge is 0.487 e. The van der Waals surface area contributed by atoms with Crippen LogP contribution in [0.1, 0.15) is 16.8 Å². The second-order valence-electron chi connectivity index (χ2n) is 8.45. The van der Waals surface area contributed by atoms with Crippen LogP contribution in [0.25, 0.3) is 17.0 Å². The summed E-state index contributed by atoms with van der Waals surface area (Å²) in [6, 6.07) is 16.2. The number of likely N-dealkylation sites (N-methyl/N-ethyl adjacent to an activating group) is 1. The Morgan fingerprint density at radius 1 is 1.11 bits per heavy atom. The number of carbonyl (C=O) groups excluding carboxylic acids is 2. The zero-order chi connectivity index (χ0) is 27.2. The number of hydrogen-bond acceptors (Lipinski definition) is 6. The average Bonchev–Trinajstić information content (AvgIpc) is 2.91. The molecule has 4 aromatic rings. The van der Waals surface area contributed by atoms with E-state index in [2.05, 4.69) is 15.3 Å². The van der Waals surface area contributed by atoms with E-state index in [0.717, 1.165) is 16.6 Å². The lowest BCUT2D eigenvalue weighted by Crippen LogP contribution is -2.37. The lowest BCUT2D eigenvalue weighted by Gasteiger charge is -2.21. The first-order valence-electron chi connectivity index (χ1n) is 11.6. The summed E-state index contributed by atoms with van der Waals surface area (Å²) in [6.07, 6.45) is 4.43. The molecule has 38 heavy (non-hydrogen) atoms. The van der Waals surface area contributed by atoms with Gasteiger partial charge in [0.2, 0.25) is 11.8 Å². The van der Waals surface area contributed by atoms with Gasteiger partial charge in [0, 0.05) is 41.0 Å². The minimum atomic E-state index is -0.432. The lowest BCUT2D eigenvalue weighted by atomic mass is 10.1. The van der Waals surface area contributed by atoms with Crippen LogP contribution in [0.3, 0.4) is 0 Å². The maximum absolute atomic E-state index is 12.8. The molecule has 0 aliphatic carbocycles. The maximum Gasteiger partial charge on any atom is 0.246 e. The van der Waals surface area contributed by atoms with E-state index >= 15 is 0 Å². The predicted octanol–water partition coefficient (Wildman–Crippen LogP) is 5.20. The third-order valence-corrected chi connectivity index (χ3v) is 6.52. The van der Waals surface area contributed by atoms with Gasteiger partial charge in [0.25, 0.3) is 0 Å². The second-order valence-corrected chi connectivity index (χ2v) is 9.23. The Bertz CT molecular complexity index is 1520. The SMILES string of the molecule is Cc1ccc2cccc(OCc3c(Cl)ccc(N(C)C(=O)CNC(=O)/C=C/c4ccc(N)nc4)c3Cl)c2n1. The third kappa shape index (κ3) is 6.40. The average molecular weight is 550 g/mol. The van der Waals surface area contributed by atoms with Crippen LogP contribution in [0.2, 0.25) is 10.0 Å². The molecular weight excluding hydrogens is 525 g/mol. The second kappa shape index (κ2) is 11.9. The molecule has 2 aromatic carbocycles. The van der Waals surface area contributed by atoms with Gasteiger partial charge < -0.3 is 20.7 Å². The number of nitrogens with zero attached hydrogens (tertiary/aromatic N) is 3. The van der Waals surface area contributed by atoms with Crippen molar-refractivity contribution < 1.29 is 14.3 Å². The molecule has 0 saturated carbocycles. The molecule has 10 heteroatoms. The van der Waals surface area contributed by atoms with Gasteiger partial charge in [0.15, 0.2) is 0 Å². The molecule has 8 nitrogen and oxygen atoms in total. The summed E-state index contributed by atoms with van der Waals surface area (Å²) >= 11 is 13.1. The van der Waals surface area contributed by atoms with Crippen molar-refractivity contribution in [1.82, 2.24) is 15.3 Å². The molecule has 0 aliphatic rings. The number of pyridine rings is 2. The quantitative estimate of drug-likeness (QED) is 0.292. The molecule has 0 aliphatic heterocycles. The molecule has 0 bridgehead atoms. The van der Waals surface area contributed by atoms with Crippen LogP contribution >= 0.6 is 23.2 Å². The number of nitrogens with one attached hydrogen (secondary N) is 1. The van der Waals surface area contributed by atoms with Gasteiger partial charge in [-0.3, -0.25) is 9.59 Å². The van der Waals surface area contributed by atoms with Gasteiger partial charge in [-0.1, -0.05) is 41.4 Å². The Morgan fingerprint density at radius 3 is 2.68 bits per heavy atom. The number of benzene rings is 2. The number of aromatic nitrogens is 2. The van der Waals surface area contributed by atoms with Gasteiger partial charge in [0.1, 0.15) is 23.7 Å². The van der Waals surface area contributed by atoms with E-state index in [4.69, 9.17) is 33.7 Å². The van der Waals surface area contributed by atoms with Crippen molar-refractivity contribution in [2.75, 3.05) is 24.2 Å². The number of nitrogens with two attached hydrogens (primary N) is 1. The van der Waals surface area contributed by atoms with E-state index < -0.39 is 5.91 Å². The number of fused-ring (bicyclic) bond motifs is 1. The summed E-state index contributed by atoms with van der Waals surface area (Å²) in [5, 5.41) is 4.20. The van der Waals surface area contributed by atoms with Crippen molar-refractivity contribution >= 4 is 63.5 Å². The number of anilines is 2. The van der Waals surface area contributed by atoms with Crippen LogP contribution in [0.15, 0.2) is 66.9 Å². The molecule has 3 N–H and O–H groups in total. The Morgan fingerprint density at radius 2 is 1.92 bits per heavy atom. The fourth-order valence-electron chi connectivity index (χ4n) is 3.62. The molecule has 0 atom stereocenters. The number of carbonyl (C=O) groups is 2. The molecular formula is C28H25Cl2N5O3. The first kappa shape index (κ1) is 26.9. The molecule has 0 saturated heterocycles. The van der Waals surface area contributed by atoms with Gasteiger partial charge in [-0.25, -0.2) is 9.97 Å². The van der Waals surface area contributed by atoms with Crippen LogP contribution < -0.4 is 20.7 Å². The van der Waals surface area contributed by atoms with Crippen molar-refractivity contribution in [3.8, 4) is 5.75 Å². The molecule has 194 valence electrons. The zero-order valence-corrected chi connectivity index (χ0v) is 22.3. The van der Waals surface area contributed by atoms with Gasteiger partial charge in [-0.2, -0.15) is 0 Å². The number of nitrogen functional groups attached to an aromatic ring is 1. The highest BCUT2D eigenvalue weighted by molar-refractivity contribution is 6.38. The normalized spacial score (nSPS) is 11.1. The topological polar surface area (TPSA) is 110 Å². The van der Waals surface area contributed by atoms with Crippen LogP contribution in [0.4, 0.5) is 11.5 Å². The molecule has 2 heterocycles. The van der Waals surface area contributed by atoms with Gasteiger partial charge >= 0.3 is 0 Å². The summed E-state index contributed by atoms with van der Waals surface area (Å²) in [7, 11) is 1.57. The van der Waals surface area contributed by atoms with Gasteiger partial charge in [-0.15, -0.1) is 0 Å². The molecule has 2 amide bonds. The molecule has 0 fully saturated rings. The smallest absolute Gasteiger partial charge is 0.246 e. The van der Waals surface area contributed by atoms with E-state index in [-0.39, 0.29) is 24.1 Å². The molecule has 0 spiro atoms. The number of rotatable bonds is 8. The number of hydrogen-bond donors (Lipinski definition) is 2. The Kier molecular flexibility index (Phi) is 8.45. The number of amides is 2. The summed E-state index contributed by atoms with van der Waals surface area (Å²) in [4.78, 5) is 34.9. The van der Waals surface area contributed by atoms with Crippen molar-refractivity contribution in [2.24, 2.45) is 0 Å². The van der Waals surface area contributed by atoms with Crippen LogP contribution in [0, 0.1) is 6.92 Å². The fourth-order valence-corrected chi connectivity index (χ4v) is 4.23. The molecule has 4 rings (SSSR count). The highest BCUT2D eigenvalue weighted by Gasteiger charge is 2.19. The predicted molar refractivity (Wildman–Crippen MR) is 151 cm³/mol. The van der Waals surface area contributed by atoms with Crippen LogP contribution in [0.5, 0.6) is 5.75 Å². The Hall–Kier alpha value is -4.14. The first-order chi connectivity index (χ1) is 18.2. The van der Waals surface area contributed by atoms with Crippen molar-refractivity contribution in [3.05, 3.63) is 93.7 Å². The lowest BCUT2D eigenvalue weighted by molar-refractivity contribution is -0.122. The van der Waals surface area contributed by atoms with Gasteiger partial charge in [-0.05, 0) is 55.0 Å². The van der Waals surface area contributed by atoms with Crippen molar-refractivity contribution in [3.63, 3.8) is 0 Å². The standard InChI is InChI=1S/C28H25Cl2N5O3/c1-17-6-9-19-4-3-5-23(28(19)34-17)38-16-20-21(29)10-11-22(27(20)30)35(2)26(37)15-33-25(36)13-8-18-7-12-24(31)32-14-18/h3-14H,15-16H2,1-2H3,(H2,31,32)(H,33,36)/b13-8+. The number of ether oxygens (including phenoxy) is 1. The number of aryl methyl sites for hydroxylation is 1. The van der Waals surface area contributed by atoms with Crippen molar-refractivity contribution in [2.45, 2.75) is 13.5 Å². The molecule has 0 radical (unpaired) electrons. The van der Waals surface area contributed by atoms with E-state index in [1.54, 1.807) is 43.6 Å². The van der Waals surface area contributed by atoms with Crippen molar-refractivity contribution in [1.29, 1.82) is 0 Å². The summed E-state index contributed by atoms with van der Waals surface area (Å²) in [6.45, 7) is 1.76. The summed E-state index contributed by atoms with van der Waals surface area (Å²) in [5.74, 6) is 0.180. The minimum Gasteiger partial charge on any atom is -0.487 e. The van der Waals surface area contributed by atoms with E-state index in [0.29, 0.717) is 33.4 Å². The monoisotopic (exact) mass is 549 g/mol.